The van der Waals surface area contributed by atoms with E-state index in [9.17, 15) is 10.1 Å². The normalized spacial score (nSPS) is 46.4. The highest BCUT2D eigenvalue weighted by Crippen LogP contribution is 2.62. The van der Waals surface area contributed by atoms with E-state index in [1.807, 2.05) is 11.8 Å². The first-order valence-electron chi connectivity index (χ1n) is 8.60. The van der Waals surface area contributed by atoms with Crippen LogP contribution in [-0.2, 0) is 9.47 Å². The van der Waals surface area contributed by atoms with Gasteiger partial charge in [0.15, 0.2) is 5.79 Å². The molecule has 0 bridgehead atoms. The Morgan fingerprint density at radius 2 is 1.68 bits per heavy atom. The average molecular weight is 327 g/mol. The fraction of sp³-hybridized carbons (Fsp3) is 1.00. The summed E-state index contributed by atoms with van der Waals surface area (Å²) in [5.41, 5.74) is 0. The molecule has 0 aromatic carbocycles. The zero-order chi connectivity index (χ0) is 15.3. The molecule has 22 heavy (non-hydrogen) atoms. The van der Waals surface area contributed by atoms with Gasteiger partial charge in [-0.1, -0.05) is 0 Å². The van der Waals surface area contributed by atoms with Gasteiger partial charge in [-0.3, -0.25) is 10.1 Å². The molecule has 1 spiro atoms. The Morgan fingerprint density at radius 1 is 1.05 bits per heavy atom. The third-order valence-electron chi connectivity index (χ3n) is 6.69. The standard InChI is InChI=1S/C16H25NO4S/c1-22-11-3-5-13-12-4-2-10(17(18)19)8-14(12)16(15(13)9-11)20-6-7-21-16/h10-15H,2-9H2,1H3. The van der Waals surface area contributed by atoms with E-state index in [2.05, 4.69) is 6.26 Å². The summed E-state index contributed by atoms with van der Waals surface area (Å²) in [5.74, 6) is 1.40. The number of fused-ring (bicyclic) bond motifs is 5. The van der Waals surface area contributed by atoms with E-state index in [1.54, 1.807) is 0 Å². The van der Waals surface area contributed by atoms with Crippen LogP contribution in [0.15, 0.2) is 0 Å². The van der Waals surface area contributed by atoms with Crippen molar-refractivity contribution in [2.24, 2.45) is 23.7 Å². The van der Waals surface area contributed by atoms with Crippen LogP contribution >= 0.6 is 11.8 Å². The lowest BCUT2D eigenvalue weighted by atomic mass is 9.72. The summed E-state index contributed by atoms with van der Waals surface area (Å²) < 4.78 is 12.4. The summed E-state index contributed by atoms with van der Waals surface area (Å²) >= 11 is 1.96. The van der Waals surface area contributed by atoms with Crippen molar-refractivity contribution in [1.29, 1.82) is 0 Å². The lowest BCUT2D eigenvalue weighted by Gasteiger charge is -2.40. The van der Waals surface area contributed by atoms with Crippen LogP contribution in [0.3, 0.4) is 0 Å². The van der Waals surface area contributed by atoms with Crippen molar-refractivity contribution in [2.45, 2.75) is 55.6 Å². The van der Waals surface area contributed by atoms with Crippen LogP contribution in [-0.4, -0.2) is 41.5 Å². The Kier molecular flexibility index (Phi) is 3.90. The summed E-state index contributed by atoms with van der Waals surface area (Å²) in [7, 11) is 0. The number of hydrogen-bond donors (Lipinski definition) is 0. The van der Waals surface area contributed by atoms with Gasteiger partial charge in [-0.15, -0.1) is 0 Å². The first-order chi connectivity index (χ1) is 10.7. The minimum Gasteiger partial charge on any atom is -0.347 e. The Balaban J connectivity index is 1.65. The minimum atomic E-state index is -0.502. The molecule has 124 valence electrons. The van der Waals surface area contributed by atoms with Crippen molar-refractivity contribution < 1.29 is 14.4 Å². The van der Waals surface area contributed by atoms with Crippen molar-refractivity contribution in [3.05, 3.63) is 10.1 Å². The summed E-state index contributed by atoms with van der Waals surface area (Å²) in [5, 5.41) is 12.0. The van der Waals surface area contributed by atoms with Crippen LogP contribution in [0.4, 0.5) is 0 Å². The topological polar surface area (TPSA) is 61.6 Å². The van der Waals surface area contributed by atoms with Crippen molar-refractivity contribution in [2.75, 3.05) is 19.5 Å². The highest BCUT2D eigenvalue weighted by Gasteiger charge is 2.66. The predicted octanol–water partition coefficient (Wildman–Crippen LogP) is 2.95. The fourth-order valence-electron chi connectivity index (χ4n) is 5.83. The van der Waals surface area contributed by atoms with Crippen molar-refractivity contribution >= 4 is 11.8 Å². The van der Waals surface area contributed by atoms with E-state index in [1.165, 1.54) is 12.8 Å². The Labute approximate surface area is 135 Å². The first-order valence-corrected chi connectivity index (χ1v) is 9.88. The highest BCUT2D eigenvalue weighted by molar-refractivity contribution is 7.99. The smallest absolute Gasteiger partial charge is 0.213 e. The van der Waals surface area contributed by atoms with Gasteiger partial charge in [0, 0.05) is 34.9 Å². The number of thioether (sulfide) groups is 1. The zero-order valence-electron chi connectivity index (χ0n) is 13.1. The molecule has 0 N–H and O–H groups in total. The number of ether oxygens (including phenoxy) is 2. The van der Waals surface area contributed by atoms with E-state index in [-0.39, 0.29) is 10.8 Å². The Hall–Kier alpha value is -0.330. The van der Waals surface area contributed by atoms with Gasteiger partial charge in [-0.05, 0) is 43.8 Å². The van der Waals surface area contributed by atoms with E-state index in [4.69, 9.17) is 9.47 Å². The van der Waals surface area contributed by atoms with Crippen LogP contribution in [0.5, 0.6) is 0 Å². The van der Waals surface area contributed by atoms with Gasteiger partial charge in [0.2, 0.25) is 6.04 Å². The third kappa shape index (κ3) is 2.13. The molecule has 6 unspecified atom stereocenters. The van der Waals surface area contributed by atoms with Crippen molar-refractivity contribution in [3.8, 4) is 0 Å². The van der Waals surface area contributed by atoms with Gasteiger partial charge in [-0.25, -0.2) is 0 Å². The van der Waals surface area contributed by atoms with Gasteiger partial charge in [0.05, 0.1) is 13.2 Å². The summed E-state index contributed by atoms with van der Waals surface area (Å²) in [4.78, 5) is 11.2. The molecule has 1 heterocycles. The molecule has 0 radical (unpaired) electrons. The van der Waals surface area contributed by atoms with Gasteiger partial charge in [-0.2, -0.15) is 11.8 Å². The molecule has 5 nitrogen and oxygen atoms in total. The summed E-state index contributed by atoms with van der Waals surface area (Å²) in [6, 6.07) is -0.401. The van der Waals surface area contributed by atoms with Crippen LogP contribution in [0, 0.1) is 33.8 Å². The maximum atomic E-state index is 11.3. The molecule has 6 heteroatoms. The number of nitrogens with zero attached hydrogens (tertiary/aromatic N) is 1. The van der Waals surface area contributed by atoms with Crippen molar-refractivity contribution in [3.63, 3.8) is 0 Å². The second kappa shape index (κ2) is 5.64. The van der Waals surface area contributed by atoms with Gasteiger partial charge < -0.3 is 9.47 Å². The molecular weight excluding hydrogens is 302 g/mol. The third-order valence-corrected chi connectivity index (χ3v) is 7.78. The maximum absolute atomic E-state index is 11.3. The number of nitro groups is 1. The second-order valence-corrected chi connectivity index (χ2v) is 8.52. The molecule has 1 saturated heterocycles. The maximum Gasteiger partial charge on any atom is 0.213 e. The Bertz CT molecular complexity index is 453. The van der Waals surface area contributed by atoms with E-state index >= 15 is 0 Å². The van der Waals surface area contributed by atoms with Gasteiger partial charge in [0.25, 0.3) is 0 Å². The highest BCUT2D eigenvalue weighted by atomic mass is 32.2. The van der Waals surface area contributed by atoms with Gasteiger partial charge in [0.1, 0.15) is 0 Å². The lowest BCUT2D eigenvalue weighted by Crippen LogP contribution is -2.47. The van der Waals surface area contributed by atoms with Crippen LogP contribution in [0.25, 0.3) is 0 Å². The molecule has 3 aliphatic carbocycles. The Morgan fingerprint density at radius 3 is 2.32 bits per heavy atom. The zero-order valence-corrected chi connectivity index (χ0v) is 13.9. The van der Waals surface area contributed by atoms with E-state index in [0.29, 0.717) is 42.6 Å². The molecule has 4 aliphatic rings. The second-order valence-electron chi connectivity index (χ2n) is 7.38. The summed E-state index contributed by atoms with van der Waals surface area (Å²) in [6.45, 7) is 1.30. The minimum absolute atomic E-state index is 0.0778. The fourth-order valence-corrected chi connectivity index (χ4v) is 6.60. The SMILES string of the molecule is CSC1CCC2C3CCC([N+](=O)[O-])CC3C3(OCCO3)C2C1. The lowest BCUT2D eigenvalue weighted by molar-refractivity contribution is -0.530. The quantitative estimate of drug-likeness (QED) is 0.576. The van der Waals surface area contributed by atoms with E-state index < -0.39 is 11.8 Å². The van der Waals surface area contributed by atoms with Crippen LogP contribution in [0.1, 0.15) is 38.5 Å². The largest absolute Gasteiger partial charge is 0.347 e. The monoisotopic (exact) mass is 327 g/mol. The number of hydrogen-bond acceptors (Lipinski definition) is 5. The molecule has 0 aromatic rings. The number of rotatable bonds is 2. The predicted molar refractivity (Wildman–Crippen MR) is 84.4 cm³/mol. The molecule has 6 atom stereocenters. The van der Waals surface area contributed by atoms with Gasteiger partial charge >= 0.3 is 0 Å². The molecule has 0 amide bonds. The molecule has 1 aliphatic heterocycles. The molecule has 4 rings (SSSR count). The average Bonchev–Trinajstić information content (AvgIpc) is 3.13. The molecule has 0 aromatic heterocycles. The van der Waals surface area contributed by atoms with Crippen LogP contribution < -0.4 is 0 Å². The molecule has 3 saturated carbocycles. The first kappa shape index (κ1) is 15.2. The van der Waals surface area contributed by atoms with E-state index in [0.717, 1.165) is 19.3 Å². The van der Waals surface area contributed by atoms with Crippen LogP contribution in [0.2, 0.25) is 0 Å². The molecular formula is C16H25NO4S. The molecule has 4 fully saturated rings. The summed E-state index contributed by atoms with van der Waals surface area (Å²) in [6.07, 6.45) is 8.24. The van der Waals surface area contributed by atoms with Crippen molar-refractivity contribution in [1.82, 2.24) is 0 Å².